The fraction of sp³-hybridized carbons (Fsp3) is 0.0667. The van der Waals surface area contributed by atoms with Gasteiger partial charge in [0.2, 0.25) is 0 Å². The van der Waals surface area contributed by atoms with Crippen molar-refractivity contribution in [1.29, 1.82) is 0 Å². The van der Waals surface area contributed by atoms with E-state index in [-0.39, 0.29) is 15.8 Å². The molecule has 1 amide bonds. The Hall–Kier alpha value is -2.17. The number of hydrogen-bond acceptors (Lipinski definition) is 8. The third-order valence-electron chi connectivity index (χ3n) is 2.78. The Balaban J connectivity index is 0.000000198. The first-order chi connectivity index (χ1) is 12.8. The number of amides is 1. The van der Waals surface area contributed by atoms with Crippen LogP contribution in [0.5, 0.6) is 5.75 Å². The maximum Gasteiger partial charge on any atom is 0.193 e. The average Bonchev–Trinajstić information content (AvgIpc) is 3.10. The van der Waals surface area contributed by atoms with Gasteiger partial charge in [0.1, 0.15) is 0 Å². The van der Waals surface area contributed by atoms with Gasteiger partial charge in [0, 0.05) is 12.4 Å². The quantitative estimate of drug-likeness (QED) is 0.249. The van der Waals surface area contributed by atoms with Gasteiger partial charge in [-0.15, -0.1) is 11.3 Å². The van der Waals surface area contributed by atoms with Crippen LogP contribution in [0.2, 0.25) is 0 Å². The molecule has 0 radical (unpaired) electrons. The summed E-state index contributed by atoms with van der Waals surface area (Å²) in [5, 5.41) is 12.3. The van der Waals surface area contributed by atoms with Crippen molar-refractivity contribution in [2.45, 2.75) is 16.3 Å². The minimum Gasteiger partial charge on any atom is -0.252 e. The van der Waals surface area contributed by atoms with Gasteiger partial charge in [-0.1, -0.05) is 0 Å². The fourth-order valence-corrected chi connectivity index (χ4v) is 4.73. The number of aromatic nitrogens is 3. The zero-order chi connectivity index (χ0) is 19.9. The van der Waals surface area contributed by atoms with E-state index in [1.807, 2.05) is 6.20 Å². The Morgan fingerprint density at radius 1 is 1.22 bits per heavy atom. The number of nitrogens with zero attached hydrogens (tertiary/aromatic N) is 3. The van der Waals surface area contributed by atoms with Gasteiger partial charge in [-0.05, 0) is 17.8 Å². The number of carbonyl (C=O) groups excluding carboxylic acids is 1. The number of nitrogens with one attached hydrogen (secondary N) is 1. The van der Waals surface area contributed by atoms with E-state index in [9.17, 15) is 13.6 Å². The monoisotopic (exact) mass is 470 g/mol. The fourth-order valence-electron chi connectivity index (χ4n) is 1.76. The van der Waals surface area contributed by atoms with Gasteiger partial charge in [0.15, 0.2) is 5.16 Å². The van der Waals surface area contributed by atoms with E-state index in [2.05, 4.69) is 20.3 Å². The van der Waals surface area contributed by atoms with Crippen LogP contribution in [0.1, 0.15) is 6.92 Å². The first-order valence-corrected chi connectivity index (χ1v) is 12.3. The molecule has 0 aliphatic heterocycles. The summed E-state index contributed by atoms with van der Waals surface area (Å²) in [6.07, 6.45) is 5.28. The second-order valence-corrected chi connectivity index (χ2v) is 10.3. The molecule has 2 aromatic heterocycles. The molecule has 0 aliphatic carbocycles. The Kier molecular flexibility index (Phi) is 7.57. The molecule has 12 heteroatoms. The summed E-state index contributed by atoms with van der Waals surface area (Å²) < 4.78 is 29.9. The maximum atomic E-state index is 11.1. The van der Waals surface area contributed by atoms with Crippen LogP contribution in [0.4, 0.5) is 5.69 Å². The van der Waals surface area contributed by atoms with Gasteiger partial charge in [-0.2, -0.15) is 0 Å². The first kappa shape index (κ1) is 21.1. The summed E-state index contributed by atoms with van der Waals surface area (Å²) in [5.74, 6) is -0.880. The summed E-state index contributed by atoms with van der Waals surface area (Å²) in [6, 6.07) is 5.51. The van der Waals surface area contributed by atoms with Crippen LogP contribution in [0.3, 0.4) is 0 Å². The Morgan fingerprint density at radius 2 is 1.93 bits per heavy atom. The van der Waals surface area contributed by atoms with E-state index in [1.165, 1.54) is 36.9 Å². The number of carbonyl (C=O) groups is 1. The van der Waals surface area contributed by atoms with Gasteiger partial charge in [-0.25, -0.2) is 9.97 Å². The molecule has 3 aromatic rings. The van der Waals surface area contributed by atoms with Gasteiger partial charge in [0.05, 0.1) is 15.9 Å². The molecule has 0 fully saturated rings. The molecular weight excluding hydrogens is 455 g/mol. The summed E-state index contributed by atoms with van der Waals surface area (Å²) in [4.78, 5) is 22.9. The topological polar surface area (TPSA) is 146 Å². The molecule has 142 valence electrons. The number of phenols is 1. The van der Waals surface area contributed by atoms with E-state index in [0.717, 1.165) is 9.37 Å². The molecule has 0 bridgehead atoms. The third-order valence-corrected chi connectivity index (χ3v) is 6.68. The second-order valence-electron chi connectivity index (χ2n) is 4.85. The van der Waals surface area contributed by atoms with Crippen LogP contribution in [0, 0.1) is 0 Å². The number of benzene rings is 1. The van der Waals surface area contributed by atoms with Gasteiger partial charge >= 0.3 is 88.1 Å². The molecule has 0 saturated carbocycles. The van der Waals surface area contributed by atoms with Crippen molar-refractivity contribution in [3.8, 4) is 5.75 Å². The summed E-state index contributed by atoms with van der Waals surface area (Å²) in [6.45, 7) is 1.18. The largest absolute Gasteiger partial charge is 0.252 e. The summed E-state index contributed by atoms with van der Waals surface area (Å²) in [5.41, 5.74) is 1.57. The van der Waals surface area contributed by atoms with Crippen LogP contribution < -0.4 is 9.67 Å². The van der Waals surface area contributed by atoms with Crippen LogP contribution in [-0.4, -0.2) is 48.3 Å². The van der Waals surface area contributed by atoms with Crippen molar-refractivity contribution in [3.05, 3.63) is 48.4 Å². The SMILES string of the molecule is CC(=O)Nc1c(O)cccc1[As](=O)(O)O.c1cnc(Sc2cncs2)nc1. The standard InChI is InChI=1S/C8H10AsNO5.C7H5N3S2/c1-5(11)10-8-6(9(13,14)15)3-2-4-7(8)12;1-2-9-7(10-3-1)12-6-4-8-5-11-6/h2-4,12H,1H3,(H,10,11)(H2,13,14,15);1-5H. The van der Waals surface area contributed by atoms with Gasteiger partial charge in [0.25, 0.3) is 0 Å². The molecule has 0 saturated heterocycles. The number of rotatable bonds is 4. The van der Waals surface area contributed by atoms with Crippen molar-refractivity contribution >= 4 is 53.2 Å². The van der Waals surface area contributed by atoms with E-state index >= 15 is 0 Å². The molecule has 3 rings (SSSR count). The first-order valence-electron chi connectivity index (χ1n) is 7.26. The molecule has 0 atom stereocenters. The molecule has 0 unspecified atom stereocenters. The van der Waals surface area contributed by atoms with Crippen LogP contribution in [0.25, 0.3) is 0 Å². The smallest absolute Gasteiger partial charge is 0.193 e. The van der Waals surface area contributed by atoms with Crippen molar-refractivity contribution in [2.75, 3.05) is 5.32 Å². The zero-order valence-electron chi connectivity index (χ0n) is 13.9. The molecule has 4 N–H and O–H groups in total. The molecule has 27 heavy (non-hydrogen) atoms. The summed E-state index contributed by atoms with van der Waals surface area (Å²) in [7, 11) is 0. The minimum atomic E-state index is -5.14. The Labute approximate surface area is 165 Å². The third kappa shape index (κ3) is 6.81. The number of aromatic hydroxyl groups is 1. The van der Waals surface area contributed by atoms with Crippen molar-refractivity contribution in [2.24, 2.45) is 0 Å². The minimum absolute atomic E-state index is 0.225. The van der Waals surface area contributed by atoms with Crippen molar-refractivity contribution < 1.29 is 21.8 Å². The van der Waals surface area contributed by atoms with Crippen molar-refractivity contribution in [1.82, 2.24) is 15.0 Å². The molecule has 0 aliphatic rings. The normalized spacial score (nSPS) is 10.6. The predicted molar refractivity (Wildman–Crippen MR) is 101 cm³/mol. The summed E-state index contributed by atoms with van der Waals surface area (Å²) >= 11 is -2.02. The number of hydrogen-bond donors (Lipinski definition) is 4. The van der Waals surface area contributed by atoms with E-state index in [1.54, 1.807) is 35.3 Å². The van der Waals surface area contributed by atoms with Crippen LogP contribution in [0.15, 0.2) is 57.7 Å². The van der Waals surface area contributed by atoms with E-state index < -0.39 is 20.1 Å². The number of phenolic OH excluding ortho intramolecular Hbond substituents is 1. The Morgan fingerprint density at radius 3 is 2.48 bits per heavy atom. The zero-order valence-corrected chi connectivity index (χ0v) is 17.4. The number of anilines is 1. The molecule has 0 spiro atoms. The van der Waals surface area contributed by atoms with E-state index in [0.29, 0.717) is 0 Å². The van der Waals surface area contributed by atoms with Gasteiger partial charge in [-0.3, -0.25) is 4.98 Å². The van der Waals surface area contributed by atoms with Crippen LogP contribution >= 0.6 is 23.1 Å². The molecule has 2 heterocycles. The molecular formula is C15H15AsN4O5S2. The van der Waals surface area contributed by atoms with E-state index in [4.69, 9.17) is 8.19 Å². The van der Waals surface area contributed by atoms with Gasteiger partial charge < -0.3 is 0 Å². The predicted octanol–water partition coefficient (Wildman–Crippen LogP) is 0.996. The van der Waals surface area contributed by atoms with Crippen molar-refractivity contribution in [3.63, 3.8) is 0 Å². The second kappa shape index (κ2) is 9.67. The molecule has 1 aromatic carbocycles. The number of thiazole rings is 1. The maximum absolute atomic E-state index is 11.1. The number of para-hydroxylation sites is 1. The Bertz CT molecular complexity index is 935. The van der Waals surface area contributed by atoms with Crippen LogP contribution in [-0.2, 0) is 8.53 Å². The molecule has 9 nitrogen and oxygen atoms in total. The average molecular weight is 470 g/mol.